The van der Waals surface area contributed by atoms with Gasteiger partial charge < -0.3 is 5.73 Å². The predicted molar refractivity (Wildman–Crippen MR) is 56.0 cm³/mol. The summed E-state index contributed by atoms with van der Waals surface area (Å²) in [7, 11) is 0. The number of nitrogen functional groups attached to an aromatic ring is 1. The summed E-state index contributed by atoms with van der Waals surface area (Å²) >= 11 is 7.56. The Morgan fingerprint density at radius 1 is 1.42 bits per heavy atom. The summed E-state index contributed by atoms with van der Waals surface area (Å²) in [4.78, 5) is 0. The quantitative estimate of drug-likeness (QED) is 0.644. The van der Waals surface area contributed by atoms with Crippen molar-refractivity contribution in [2.24, 2.45) is 0 Å². The summed E-state index contributed by atoms with van der Waals surface area (Å²) in [5.74, 6) is 0. The van der Waals surface area contributed by atoms with Gasteiger partial charge in [-0.1, -0.05) is 11.6 Å². The third-order valence-electron chi connectivity index (χ3n) is 1.80. The SMILES string of the molecule is Cc1cc(N)c2scc(Cl)c2c1. The Hall–Kier alpha value is -0.730. The van der Waals surface area contributed by atoms with E-state index in [1.807, 2.05) is 18.4 Å². The second-order valence-corrected chi connectivity index (χ2v) is 4.10. The number of hydrogen-bond donors (Lipinski definition) is 1. The molecule has 2 aromatic rings. The van der Waals surface area contributed by atoms with Gasteiger partial charge in [-0.15, -0.1) is 11.3 Å². The molecule has 12 heavy (non-hydrogen) atoms. The number of aryl methyl sites for hydroxylation is 1. The number of thiophene rings is 1. The van der Waals surface area contributed by atoms with E-state index < -0.39 is 0 Å². The molecule has 0 saturated carbocycles. The molecule has 0 amide bonds. The van der Waals surface area contributed by atoms with Crippen LogP contribution in [0.1, 0.15) is 5.56 Å². The fourth-order valence-corrected chi connectivity index (χ4v) is 2.46. The van der Waals surface area contributed by atoms with Crippen LogP contribution in [-0.4, -0.2) is 0 Å². The summed E-state index contributed by atoms with van der Waals surface area (Å²) in [5, 5.41) is 3.78. The van der Waals surface area contributed by atoms with E-state index in [0.717, 1.165) is 26.4 Å². The molecule has 0 aliphatic carbocycles. The van der Waals surface area contributed by atoms with E-state index in [4.69, 9.17) is 17.3 Å². The van der Waals surface area contributed by atoms with E-state index in [0.29, 0.717) is 0 Å². The lowest BCUT2D eigenvalue weighted by Crippen LogP contribution is -1.85. The van der Waals surface area contributed by atoms with Crippen LogP contribution in [0.15, 0.2) is 17.5 Å². The second kappa shape index (κ2) is 2.64. The van der Waals surface area contributed by atoms with Gasteiger partial charge in [-0.25, -0.2) is 0 Å². The van der Waals surface area contributed by atoms with Crippen molar-refractivity contribution in [3.63, 3.8) is 0 Å². The van der Waals surface area contributed by atoms with E-state index in [1.54, 1.807) is 11.3 Å². The standard InChI is InChI=1S/C9H8ClNS/c1-5-2-6-7(10)4-12-9(6)8(11)3-5/h2-4H,11H2,1H3. The highest BCUT2D eigenvalue weighted by Crippen LogP contribution is 2.34. The molecule has 0 aliphatic heterocycles. The van der Waals surface area contributed by atoms with Crippen LogP contribution in [0, 0.1) is 6.92 Å². The Bertz CT molecular complexity index is 433. The fraction of sp³-hybridized carbons (Fsp3) is 0.111. The lowest BCUT2D eigenvalue weighted by molar-refractivity contribution is 1.51. The van der Waals surface area contributed by atoms with Crippen molar-refractivity contribution < 1.29 is 0 Å². The van der Waals surface area contributed by atoms with Gasteiger partial charge in [-0.2, -0.15) is 0 Å². The van der Waals surface area contributed by atoms with Gasteiger partial charge in [0, 0.05) is 16.5 Å². The van der Waals surface area contributed by atoms with Crippen molar-refractivity contribution in [2.45, 2.75) is 6.92 Å². The number of fused-ring (bicyclic) bond motifs is 1. The second-order valence-electron chi connectivity index (χ2n) is 2.81. The molecule has 1 aromatic heterocycles. The number of anilines is 1. The zero-order valence-corrected chi connectivity index (χ0v) is 8.17. The molecule has 62 valence electrons. The number of nitrogens with two attached hydrogens (primary N) is 1. The van der Waals surface area contributed by atoms with E-state index in [1.165, 1.54) is 0 Å². The largest absolute Gasteiger partial charge is 0.398 e. The topological polar surface area (TPSA) is 26.0 Å². The summed E-state index contributed by atoms with van der Waals surface area (Å²) in [6, 6.07) is 4.03. The van der Waals surface area contributed by atoms with Crippen LogP contribution in [-0.2, 0) is 0 Å². The lowest BCUT2D eigenvalue weighted by Gasteiger charge is -1.98. The normalized spacial score (nSPS) is 10.8. The maximum absolute atomic E-state index is 5.97. The van der Waals surface area contributed by atoms with Gasteiger partial charge >= 0.3 is 0 Å². The average molecular weight is 198 g/mol. The van der Waals surface area contributed by atoms with Crippen molar-refractivity contribution in [1.82, 2.24) is 0 Å². The van der Waals surface area contributed by atoms with Gasteiger partial charge in [-0.3, -0.25) is 0 Å². The maximum atomic E-state index is 5.97. The van der Waals surface area contributed by atoms with Crippen molar-refractivity contribution >= 4 is 38.7 Å². The third-order valence-corrected chi connectivity index (χ3v) is 3.29. The van der Waals surface area contributed by atoms with Crippen LogP contribution < -0.4 is 5.73 Å². The Kier molecular flexibility index (Phi) is 1.74. The molecule has 3 heteroatoms. The van der Waals surface area contributed by atoms with E-state index in [9.17, 15) is 0 Å². The first kappa shape index (κ1) is 7.90. The predicted octanol–water partition coefficient (Wildman–Crippen LogP) is 3.45. The summed E-state index contributed by atoms with van der Waals surface area (Å²) in [6.07, 6.45) is 0. The van der Waals surface area contributed by atoms with Crippen LogP contribution in [0.5, 0.6) is 0 Å². The van der Waals surface area contributed by atoms with E-state index in [-0.39, 0.29) is 0 Å². The molecule has 1 heterocycles. The zero-order chi connectivity index (χ0) is 8.72. The van der Waals surface area contributed by atoms with Crippen LogP contribution in [0.25, 0.3) is 10.1 Å². The van der Waals surface area contributed by atoms with Gasteiger partial charge in [0.05, 0.1) is 9.72 Å². The molecule has 0 bridgehead atoms. The van der Waals surface area contributed by atoms with Crippen LogP contribution >= 0.6 is 22.9 Å². The highest BCUT2D eigenvalue weighted by molar-refractivity contribution is 7.18. The van der Waals surface area contributed by atoms with E-state index in [2.05, 4.69) is 6.07 Å². The van der Waals surface area contributed by atoms with E-state index >= 15 is 0 Å². The van der Waals surface area contributed by atoms with Gasteiger partial charge in [0.25, 0.3) is 0 Å². The Labute approximate surface area is 79.8 Å². The monoisotopic (exact) mass is 197 g/mol. The first-order chi connectivity index (χ1) is 5.68. The van der Waals surface area contributed by atoms with Gasteiger partial charge in [0.2, 0.25) is 0 Å². The van der Waals surface area contributed by atoms with Gasteiger partial charge in [0.1, 0.15) is 0 Å². The van der Waals surface area contributed by atoms with Crippen LogP contribution in [0.2, 0.25) is 5.02 Å². The highest BCUT2D eigenvalue weighted by Gasteiger charge is 2.04. The highest BCUT2D eigenvalue weighted by atomic mass is 35.5. The lowest BCUT2D eigenvalue weighted by atomic mass is 10.1. The summed E-state index contributed by atoms with van der Waals surface area (Å²) in [6.45, 7) is 2.02. The minimum atomic E-state index is 0.797. The van der Waals surface area contributed by atoms with Gasteiger partial charge in [0.15, 0.2) is 0 Å². The summed E-state index contributed by atoms with van der Waals surface area (Å²) in [5.41, 5.74) is 7.80. The first-order valence-corrected chi connectivity index (χ1v) is 4.87. The molecule has 1 nitrogen and oxygen atoms in total. The smallest absolute Gasteiger partial charge is 0.0592 e. The number of hydrogen-bond acceptors (Lipinski definition) is 2. The van der Waals surface area contributed by atoms with Crippen molar-refractivity contribution in [3.05, 3.63) is 28.1 Å². The van der Waals surface area contributed by atoms with Gasteiger partial charge in [-0.05, 0) is 24.6 Å². The minimum absolute atomic E-state index is 0.797. The molecule has 1 aromatic carbocycles. The molecule has 2 rings (SSSR count). The maximum Gasteiger partial charge on any atom is 0.0592 e. The van der Waals surface area contributed by atoms with Crippen LogP contribution in [0.4, 0.5) is 5.69 Å². The number of halogens is 1. The third kappa shape index (κ3) is 1.08. The van der Waals surface area contributed by atoms with Crippen molar-refractivity contribution in [3.8, 4) is 0 Å². The number of benzene rings is 1. The van der Waals surface area contributed by atoms with Crippen LogP contribution in [0.3, 0.4) is 0 Å². The molecule has 0 fully saturated rings. The Morgan fingerprint density at radius 3 is 2.92 bits per heavy atom. The molecule has 0 unspecified atom stereocenters. The Balaban J connectivity index is 2.92. The molecular formula is C9H8ClNS. The fourth-order valence-electron chi connectivity index (χ4n) is 1.28. The average Bonchev–Trinajstić information content (AvgIpc) is 2.33. The minimum Gasteiger partial charge on any atom is -0.398 e. The molecule has 0 saturated heterocycles. The molecular weight excluding hydrogens is 190 g/mol. The van der Waals surface area contributed by atoms with Crippen molar-refractivity contribution in [1.29, 1.82) is 0 Å². The van der Waals surface area contributed by atoms with Crippen molar-refractivity contribution in [2.75, 3.05) is 5.73 Å². The molecule has 0 spiro atoms. The number of rotatable bonds is 0. The zero-order valence-electron chi connectivity index (χ0n) is 6.60. The molecule has 2 N–H and O–H groups in total. The first-order valence-electron chi connectivity index (χ1n) is 3.61. The summed E-state index contributed by atoms with van der Waals surface area (Å²) < 4.78 is 1.09. The molecule has 0 atom stereocenters. The molecule has 0 radical (unpaired) electrons. The Morgan fingerprint density at radius 2 is 2.17 bits per heavy atom. The molecule has 0 aliphatic rings.